The normalized spacial score (nSPS) is 12.0. The van der Waals surface area contributed by atoms with Crippen molar-refractivity contribution in [3.63, 3.8) is 0 Å². The molecule has 7 heteroatoms. The lowest BCUT2D eigenvalue weighted by molar-refractivity contribution is -0.308. The second-order valence-electron chi connectivity index (χ2n) is 5.52. The van der Waals surface area contributed by atoms with Crippen LogP contribution in [-0.4, -0.2) is 21.8 Å². The van der Waals surface area contributed by atoms with Gasteiger partial charge >= 0.3 is 0 Å². The third kappa shape index (κ3) is 3.65. The Kier molecular flexibility index (Phi) is 4.74. The van der Waals surface area contributed by atoms with Crippen molar-refractivity contribution < 1.29 is 19.1 Å². The van der Waals surface area contributed by atoms with E-state index in [1.165, 1.54) is 6.20 Å². The molecule has 1 amide bonds. The fraction of sp³-hybridized carbons (Fsp3) is 0.222. The second-order valence-corrected chi connectivity index (χ2v) is 5.52. The van der Waals surface area contributed by atoms with Crippen LogP contribution in [0.25, 0.3) is 11.1 Å². The summed E-state index contributed by atoms with van der Waals surface area (Å²) in [5.74, 6) is -2.19. The highest BCUT2D eigenvalue weighted by molar-refractivity contribution is 5.93. The number of carboxylic acids is 1. The number of carbonyl (C=O) groups excluding carboxylic acids is 2. The fourth-order valence-corrected chi connectivity index (χ4v) is 2.60. The Bertz CT molecular complexity index is 886. The largest absolute Gasteiger partial charge is 0.549 e. The molecule has 0 aliphatic heterocycles. The van der Waals surface area contributed by atoms with Gasteiger partial charge < -0.3 is 19.6 Å². The Morgan fingerprint density at radius 3 is 2.76 bits per heavy atom. The Balaban J connectivity index is 1.78. The van der Waals surface area contributed by atoms with Gasteiger partial charge in [0.15, 0.2) is 5.58 Å². The standard InChI is InChI=1S/C18H17N3O4/c1-2-11(18(23)24)17-13(7-5-9-19-17)20-15(22)10-16-21-12-6-3-4-8-14(12)25-16/h3-9,11H,2,10H2,1H3,(H,20,22)(H,23,24)/p-1. The van der Waals surface area contributed by atoms with Crippen molar-refractivity contribution in [2.45, 2.75) is 25.7 Å². The van der Waals surface area contributed by atoms with Crippen molar-refractivity contribution in [2.75, 3.05) is 5.32 Å². The zero-order valence-electron chi connectivity index (χ0n) is 13.6. The molecule has 0 saturated heterocycles. The van der Waals surface area contributed by atoms with Crippen molar-refractivity contribution in [1.82, 2.24) is 9.97 Å². The Hall–Kier alpha value is -3.22. The number of para-hydroxylation sites is 2. The molecule has 1 atom stereocenters. The van der Waals surface area contributed by atoms with E-state index < -0.39 is 11.9 Å². The number of anilines is 1. The number of rotatable bonds is 6. The number of hydrogen-bond donors (Lipinski definition) is 1. The van der Waals surface area contributed by atoms with Gasteiger partial charge in [0.2, 0.25) is 11.8 Å². The quantitative estimate of drug-likeness (QED) is 0.732. The third-order valence-electron chi connectivity index (χ3n) is 3.79. The molecule has 3 rings (SSSR count). The van der Waals surface area contributed by atoms with Gasteiger partial charge in [0.25, 0.3) is 0 Å². The highest BCUT2D eigenvalue weighted by Crippen LogP contribution is 2.24. The number of fused-ring (bicyclic) bond motifs is 1. The molecule has 0 radical (unpaired) electrons. The molecule has 0 aliphatic rings. The number of aromatic nitrogens is 2. The second kappa shape index (κ2) is 7.12. The van der Waals surface area contributed by atoms with Gasteiger partial charge in [-0.25, -0.2) is 4.98 Å². The molecule has 1 aromatic carbocycles. The van der Waals surface area contributed by atoms with Gasteiger partial charge in [-0.2, -0.15) is 0 Å². The first-order valence-corrected chi connectivity index (χ1v) is 7.88. The maximum Gasteiger partial charge on any atom is 0.233 e. The van der Waals surface area contributed by atoms with Gasteiger partial charge in [0.1, 0.15) is 11.9 Å². The van der Waals surface area contributed by atoms with E-state index in [2.05, 4.69) is 15.3 Å². The van der Waals surface area contributed by atoms with Crippen LogP contribution in [0.5, 0.6) is 0 Å². The van der Waals surface area contributed by atoms with Gasteiger partial charge in [-0.05, 0) is 30.7 Å². The predicted molar refractivity (Wildman–Crippen MR) is 88.6 cm³/mol. The van der Waals surface area contributed by atoms with E-state index in [0.29, 0.717) is 23.2 Å². The number of aliphatic carboxylic acids is 1. The van der Waals surface area contributed by atoms with Gasteiger partial charge in [-0.15, -0.1) is 0 Å². The highest BCUT2D eigenvalue weighted by Gasteiger charge is 2.18. The summed E-state index contributed by atoms with van der Waals surface area (Å²) in [5.41, 5.74) is 1.90. The molecule has 0 aliphatic carbocycles. The van der Waals surface area contributed by atoms with E-state index in [-0.39, 0.29) is 23.9 Å². The number of nitrogens with zero attached hydrogens (tertiary/aromatic N) is 2. The van der Waals surface area contributed by atoms with Crippen LogP contribution in [0.3, 0.4) is 0 Å². The number of nitrogens with one attached hydrogen (secondary N) is 1. The molecule has 0 bridgehead atoms. The smallest absolute Gasteiger partial charge is 0.233 e. The summed E-state index contributed by atoms with van der Waals surface area (Å²) in [7, 11) is 0. The van der Waals surface area contributed by atoms with Crippen LogP contribution in [0, 0.1) is 0 Å². The molecule has 7 nitrogen and oxygen atoms in total. The molecular weight excluding hydrogens is 322 g/mol. The van der Waals surface area contributed by atoms with Crippen LogP contribution in [0.4, 0.5) is 5.69 Å². The molecule has 3 aromatic rings. The van der Waals surface area contributed by atoms with E-state index in [0.717, 1.165) is 0 Å². The summed E-state index contributed by atoms with van der Waals surface area (Å²) in [5, 5.41) is 14.0. The minimum absolute atomic E-state index is 0.0644. The van der Waals surface area contributed by atoms with E-state index in [9.17, 15) is 14.7 Å². The molecule has 2 heterocycles. The molecule has 2 aromatic heterocycles. The topological polar surface area (TPSA) is 108 Å². The first-order chi connectivity index (χ1) is 12.1. The van der Waals surface area contributed by atoms with Gasteiger partial charge in [0.05, 0.1) is 17.4 Å². The summed E-state index contributed by atoms with van der Waals surface area (Å²) in [6, 6.07) is 10.5. The average Bonchev–Trinajstić information content (AvgIpc) is 2.98. The maximum absolute atomic E-state index is 12.3. The number of carboxylic acid groups (broad SMARTS) is 1. The van der Waals surface area contributed by atoms with Crippen LogP contribution in [0.1, 0.15) is 30.8 Å². The Morgan fingerprint density at radius 2 is 2.04 bits per heavy atom. The van der Waals surface area contributed by atoms with E-state index in [4.69, 9.17) is 4.42 Å². The monoisotopic (exact) mass is 338 g/mol. The molecule has 0 fully saturated rings. The molecular formula is C18H16N3O4-. The van der Waals surface area contributed by atoms with Gasteiger partial charge in [-0.3, -0.25) is 9.78 Å². The number of benzene rings is 1. The van der Waals surface area contributed by atoms with Crippen LogP contribution in [0.2, 0.25) is 0 Å². The van der Waals surface area contributed by atoms with E-state index in [1.807, 2.05) is 12.1 Å². The van der Waals surface area contributed by atoms with E-state index in [1.54, 1.807) is 31.2 Å². The maximum atomic E-state index is 12.3. The molecule has 1 N–H and O–H groups in total. The zero-order chi connectivity index (χ0) is 17.8. The van der Waals surface area contributed by atoms with E-state index >= 15 is 0 Å². The highest BCUT2D eigenvalue weighted by atomic mass is 16.4. The van der Waals surface area contributed by atoms with Crippen molar-refractivity contribution in [3.05, 3.63) is 54.2 Å². The summed E-state index contributed by atoms with van der Waals surface area (Å²) in [4.78, 5) is 31.9. The zero-order valence-corrected chi connectivity index (χ0v) is 13.6. The summed E-state index contributed by atoms with van der Waals surface area (Å²) in [6.45, 7) is 1.72. The van der Waals surface area contributed by atoms with Crippen LogP contribution in [-0.2, 0) is 16.0 Å². The summed E-state index contributed by atoms with van der Waals surface area (Å²) < 4.78 is 5.52. The number of hydrogen-bond acceptors (Lipinski definition) is 6. The summed E-state index contributed by atoms with van der Waals surface area (Å²) >= 11 is 0. The van der Waals surface area contributed by atoms with Crippen LogP contribution < -0.4 is 10.4 Å². The first kappa shape index (κ1) is 16.6. The summed E-state index contributed by atoms with van der Waals surface area (Å²) in [6.07, 6.45) is 1.73. The third-order valence-corrected chi connectivity index (χ3v) is 3.79. The van der Waals surface area contributed by atoms with Gasteiger partial charge in [-0.1, -0.05) is 19.1 Å². The van der Waals surface area contributed by atoms with Crippen molar-refractivity contribution in [3.8, 4) is 0 Å². The van der Waals surface area contributed by atoms with Crippen LogP contribution >= 0.6 is 0 Å². The van der Waals surface area contributed by atoms with Gasteiger partial charge in [0, 0.05) is 12.1 Å². The lowest BCUT2D eigenvalue weighted by Crippen LogP contribution is -2.30. The molecule has 128 valence electrons. The van der Waals surface area contributed by atoms with Crippen LogP contribution in [0.15, 0.2) is 47.0 Å². The average molecular weight is 338 g/mol. The SMILES string of the molecule is CCC(C(=O)[O-])c1ncccc1NC(=O)Cc1nc2ccccc2o1. The lowest BCUT2D eigenvalue weighted by atomic mass is 10.0. The van der Waals surface area contributed by atoms with Crippen molar-refractivity contribution in [1.29, 1.82) is 0 Å². The van der Waals surface area contributed by atoms with Crippen molar-refractivity contribution >= 4 is 28.7 Å². The Morgan fingerprint density at radius 1 is 1.24 bits per heavy atom. The molecule has 0 spiro atoms. The number of oxazole rings is 1. The molecule has 1 unspecified atom stereocenters. The Labute approximate surface area is 143 Å². The number of carbonyl (C=O) groups is 2. The minimum Gasteiger partial charge on any atom is -0.549 e. The fourth-order valence-electron chi connectivity index (χ4n) is 2.60. The molecule has 25 heavy (non-hydrogen) atoms. The minimum atomic E-state index is -1.23. The lowest BCUT2D eigenvalue weighted by Gasteiger charge is -2.18. The first-order valence-electron chi connectivity index (χ1n) is 7.88. The predicted octanol–water partition coefficient (Wildman–Crippen LogP) is 1.65. The van der Waals surface area contributed by atoms with Crippen molar-refractivity contribution in [2.24, 2.45) is 0 Å². The molecule has 0 saturated carbocycles. The number of amides is 1. The number of pyridine rings is 1.